The summed E-state index contributed by atoms with van der Waals surface area (Å²) in [6.45, 7) is 4.95. The first-order valence-electron chi connectivity index (χ1n) is 8.97. The Morgan fingerprint density at radius 2 is 1.85 bits per heavy atom. The van der Waals surface area contributed by atoms with Crippen LogP contribution in [0.3, 0.4) is 0 Å². The third kappa shape index (κ3) is 3.58. The van der Waals surface area contributed by atoms with Crippen molar-refractivity contribution < 1.29 is 9.59 Å². The number of hydrogen-bond acceptors (Lipinski definition) is 5. The Labute approximate surface area is 156 Å². The van der Waals surface area contributed by atoms with Gasteiger partial charge in [-0.3, -0.25) is 14.6 Å². The molecule has 3 heterocycles. The lowest BCUT2D eigenvalue weighted by Crippen LogP contribution is -2.48. The Morgan fingerprint density at radius 3 is 2.50 bits per heavy atom. The van der Waals surface area contributed by atoms with Gasteiger partial charge >= 0.3 is 0 Å². The van der Waals surface area contributed by atoms with Crippen molar-refractivity contribution in [3.05, 3.63) is 41.0 Å². The van der Waals surface area contributed by atoms with Crippen LogP contribution in [0.4, 0.5) is 10.7 Å². The van der Waals surface area contributed by atoms with Crippen molar-refractivity contribution in [2.75, 3.05) is 36.4 Å². The van der Waals surface area contributed by atoms with Crippen LogP contribution in [-0.4, -0.2) is 47.9 Å². The monoisotopic (exact) mass is 370 g/mol. The smallest absolute Gasteiger partial charge is 0.264 e. The molecule has 2 aliphatic rings. The lowest BCUT2D eigenvalue weighted by Gasteiger charge is -2.36. The summed E-state index contributed by atoms with van der Waals surface area (Å²) in [5.41, 5.74) is 2.08. The molecule has 0 atom stereocenters. The fourth-order valence-corrected chi connectivity index (χ4v) is 4.23. The lowest BCUT2D eigenvalue weighted by molar-refractivity contribution is -0.117. The van der Waals surface area contributed by atoms with Gasteiger partial charge in [0.15, 0.2) is 0 Å². The van der Waals surface area contributed by atoms with Gasteiger partial charge in [0.25, 0.3) is 5.91 Å². The molecule has 1 aliphatic carbocycles. The molecule has 0 aromatic carbocycles. The molecule has 1 aliphatic heterocycles. The number of hydrogen-bond donors (Lipinski definition) is 1. The molecule has 1 saturated heterocycles. The third-order valence-corrected chi connectivity index (χ3v) is 6.04. The normalized spacial score (nSPS) is 17.3. The van der Waals surface area contributed by atoms with Gasteiger partial charge in [-0.15, -0.1) is 11.3 Å². The molecular weight excluding hydrogens is 348 g/mol. The molecule has 2 aromatic rings. The number of carbonyl (C=O) groups excluding carboxylic acids is 2. The van der Waals surface area contributed by atoms with Crippen LogP contribution in [-0.2, 0) is 4.79 Å². The van der Waals surface area contributed by atoms with E-state index >= 15 is 0 Å². The summed E-state index contributed by atoms with van der Waals surface area (Å²) in [6, 6.07) is 5.90. The van der Waals surface area contributed by atoms with Gasteiger partial charge in [0.05, 0.1) is 9.88 Å². The first-order chi connectivity index (χ1) is 12.6. The summed E-state index contributed by atoms with van der Waals surface area (Å²) in [6.07, 6.45) is 5.53. The zero-order chi connectivity index (χ0) is 18.1. The molecule has 0 unspecified atom stereocenters. The van der Waals surface area contributed by atoms with Crippen LogP contribution in [0.15, 0.2) is 30.6 Å². The molecule has 0 radical (unpaired) electrons. The van der Waals surface area contributed by atoms with Crippen LogP contribution < -0.4 is 10.2 Å². The second-order valence-electron chi connectivity index (χ2n) is 6.87. The van der Waals surface area contributed by atoms with Crippen molar-refractivity contribution in [2.45, 2.75) is 19.8 Å². The highest BCUT2D eigenvalue weighted by Crippen LogP contribution is 2.33. The molecule has 7 heteroatoms. The van der Waals surface area contributed by atoms with Crippen molar-refractivity contribution in [3.8, 4) is 0 Å². The van der Waals surface area contributed by atoms with Crippen LogP contribution in [0.5, 0.6) is 0 Å². The summed E-state index contributed by atoms with van der Waals surface area (Å²) in [7, 11) is 0. The van der Waals surface area contributed by atoms with Gasteiger partial charge < -0.3 is 15.1 Å². The maximum Gasteiger partial charge on any atom is 0.264 e. The molecular formula is C19H22N4O2S. The Morgan fingerprint density at radius 1 is 1.15 bits per heavy atom. The number of nitrogens with zero attached hydrogens (tertiary/aromatic N) is 3. The van der Waals surface area contributed by atoms with E-state index < -0.39 is 0 Å². The van der Waals surface area contributed by atoms with Crippen LogP contribution in [0.2, 0.25) is 0 Å². The number of piperazine rings is 1. The average molecular weight is 370 g/mol. The van der Waals surface area contributed by atoms with Crippen molar-refractivity contribution >= 4 is 33.8 Å². The lowest BCUT2D eigenvalue weighted by atomic mass is 10.2. The molecule has 1 saturated carbocycles. The minimum atomic E-state index is 0.0637. The Bertz CT molecular complexity index is 808. The number of aromatic nitrogens is 1. The van der Waals surface area contributed by atoms with Gasteiger partial charge in [-0.05, 0) is 43.5 Å². The Hall–Kier alpha value is -2.41. The van der Waals surface area contributed by atoms with E-state index in [4.69, 9.17) is 0 Å². The van der Waals surface area contributed by atoms with Crippen LogP contribution in [0.25, 0.3) is 0 Å². The number of aryl methyl sites for hydroxylation is 1. The molecule has 4 rings (SSSR count). The predicted molar refractivity (Wildman–Crippen MR) is 103 cm³/mol. The van der Waals surface area contributed by atoms with Gasteiger partial charge in [0.2, 0.25) is 5.91 Å². The van der Waals surface area contributed by atoms with E-state index in [0.29, 0.717) is 13.1 Å². The highest BCUT2D eigenvalue weighted by atomic mass is 32.1. The second-order valence-corrected chi connectivity index (χ2v) is 7.92. The minimum Gasteiger partial charge on any atom is -0.368 e. The zero-order valence-electron chi connectivity index (χ0n) is 14.8. The number of amides is 2. The highest BCUT2D eigenvalue weighted by molar-refractivity contribution is 7.18. The fourth-order valence-electron chi connectivity index (χ4n) is 3.19. The van der Waals surface area contributed by atoms with Gasteiger partial charge in [-0.1, -0.05) is 0 Å². The number of carbonyl (C=O) groups is 2. The van der Waals surface area contributed by atoms with E-state index in [1.165, 1.54) is 11.3 Å². The average Bonchev–Trinajstić information content (AvgIpc) is 3.46. The number of anilines is 2. The number of nitrogens with one attached hydrogen (secondary N) is 1. The van der Waals surface area contributed by atoms with Crippen molar-refractivity contribution in [1.82, 2.24) is 9.88 Å². The molecule has 136 valence electrons. The predicted octanol–water partition coefficient (Wildman–Crippen LogP) is 2.76. The summed E-state index contributed by atoms with van der Waals surface area (Å²) in [4.78, 5) is 33.8. The van der Waals surface area contributed by atoms with E-state index in [9.17, 15) is 9.59 Å². The summed E-state index contributed by atoms with van der Waals surface area (Å²) >= 11 is 1.39. The molecule has 0 spiro atoms. The van der Waals surface area contributed by atoms with Gasteiger partial charge in [0.1, 0.15) is 0 Å². The summed E-state index contributed by atoms with van der Waals surface area (Å²) < 4.78 is 0. The number of thiophene rings is 1. The molecule has 6 nitrogen and oxygen atoms in total. The Balaban J connectivity index is 1.39. The van der Waals surface area contributed by atoms with E-state index in [1.54, 1.807) is 12.4 Å². The van der Waals surface area contributed by atoms with Crippen LogP contribution >= 0.6 is 11.3 Å². The molecule has 2 fully saturated rings. The largest absolute Gasteiger partial charge is 0.368 e. The van der Waals surface area contributed by atoms with Gasteiger partial charge in [0, 0.05) is 50.2 Å². The Kier molecular flexibility index (Phi) is 4.63. The van der Waals surface area contributed by atoms with Crippen LogP contribution in [0, 0.1) is 12.8 Å². The summed E-state index contributed by atoms with van der Waals surface area (Å²) in [5, 5.41) is 3.72. The van der Waals surface area contributed by atoms with E-state index in [2.05, 4.69) is 15.2 Å². The van der Waals surface area contributed by atoms with Crippen molar-refractivity contribution in [2.24, 2.45) is 5.92 Å². The SMILES string of the molecule is Cc1cc(NC(=O)C2CC2)sc1C(=O)N1CCN(c2ccncc2)CC1. The molecule has 0 bridgehead atoms. The first kappa shape index (κ1) is 17.0. The second kappa shape index (κ2) is 7.07. The van der Waals surface area contributed by atoms with E-state index in [0.717, 1.165) is 47.1 Å². The number of pyridine rings is 1. The van der Waals surface area contributed by atoms with Crippen molar-refractivity contribution in [1.29, 1.82) is 0 Å². The van der Waals surface area contributed by atoms with Crippen LogP contribution in [0.1, 0.15) is 28.1 Å². The minimum absolute atomic E-state index is 0.0637. The molecule has 2 amide bonds. The fraction of sp³-hybridized carbons (Fsp3) is 0.421. The first-order valence-corrected chi connectivity index (χ1v) is 9.79. The van der Waals surface area contributed by atoms with E-state index in [-0.39, 0.29) is 17.7 Å². The maximum absolute atomic E-state index is 12.9. The van der Waals surface area contributed by atoms with Gasteiger partial charge in [-0.2, -0.15) is 0 Å². The van der Waals surface area contributed by atoms with Gasteiger partial charge in [-0.25, -0.2) is 0 Å². The zero-order valence-corrected chi connectivity index (χ0v) is 15.6. The topological polar surface area (TPSA) is 65.5 Å². The molecule has 26 heavy (non-hydrogen) atoms. The standard InChI is InChI=1S/C19H22N4O2S/c1-13-12-16(21-18(24)14-2-3-14)26-17(13)19(25)23-10-8-22(9-11-23)15-4-6-20-7-5-15/h4-7,12,14H,2-3,8-11H2,1H3,(H,21,24). The molecule has 1 N–H and O–H groups in total. The van der Waals surface area contributed by atoms with Crippen molar-refractivity contribution in [3.63, 3.8) is 0 Å². The maximum atomic E-state index is 12.9. The quantitative estimate of drug-likeness (QED) is 0.899. The van der Waals surface area contributed by atoms with E-state index in [1.807, 2.05) is 30.0 Å². The number of rotatable bonds is 4. The highest BCUT2D eigenvalue weighted by Gasteiger charge is 2.30. The summed E-state index contributed by atoms with van der Waals surface area (Å²) in [5.74, 6) is 0.308. The third-order valence-electron chi connectivity index (χ3n) is 4.90. The molecule has 2 aromatic heterocycles.